The molecule has 0 aliphatic heterocycles. The summed E-state index contributed by atoms with van der Waals surface area (Å²) in [5.74, 6) is 1.19. The van der Waals surface area contributed by atoms with Crippen LogP contribution in [0.25, 0.3) is 17.1 Å². The van der Waals surface area contributed by atoms with Crippen LogP contribution < -0.4 is 19.8 Å². The first-order valence-corrected chi connectivity index (χ1v) is 12.7. The normalized spacial score (nSPS) is 10.9. The largest absolute Gasteiger partial charge is 0.872 e. The molecule has 1 heterocycles. The standard InChI is InChI=1S/C28H27N5O3S/c1-3-9-20-12-8-13-22(26(20)35)18-29-30-25(34)19-37-28-32-31-27(21-10-6-5-7-11-21)33(28)23-14-16-24(17-15-23)36-4-2/h3,5-8,10-18H,1,4,9,19H2,2H3,(H2,29,30,34,35). The Bertz CT molecular complexity index is 1380. The molecule has 4 rings (SSSR count). The van der Waals surface area contributed by atoms with Gasteiger partial charge in [-0.05, 0) is 67.1 Å². The molecule has 0 radical (unpaired) electrons. The average Bonchev–Trinajstić information content (AvgIpc) is 3.35. The highest BCUT2D eigenvalue weighted by Crippen LogP contribution is 2.22. The van der Waals surface area contributed by atoms with E-state index in [1.165, 1.54) is 18.0 Å². The smallest absolute Gasteiger partial charge is 0.342 e. The van der Waals surface area contributed by atoms with Gasteiger partial charge in [-0.2, -0.15) is 9.67 Å². The molecule has 0 fully saturated rings. The molecule has 0 saturated carbocycles. The van der Waals surface area contributed by atoms with E-state index in [1.54, 1.807) is 24.3 Å². The van der Waals surface area contributed by atoms with Crippen molar-refractivity contribution in [1.82, 2.24) is 15.6 Å². The SMILES string of the molecule is C=CCc1cccc(C=NNC(=O)CSc2n[nH]c(-c3ccccc3)[n+]2-c2ccc(OCC)cc2)c1[O-]. The third-order valence-electron chi connectivity index (χ3n) is 5.34. The summed E-state index contributed by atoms with van der Waals surface area (Å²) in [5, 5.41) is 24.6. The fourth-order valence-corrected chi connectivity index (χ4v) is 4.40. The number of aromatic nitrogens is 3. The lowest BCUT2D eigenvalue weighted by Crippen LogP contribution is -2.34. The average molecular weight is 514 g/mol. The molecule has 0 saturated heterocycles. The molecule has 188 valence electrons. The second-order valence-corrected chi connectivity index (χ2v) is 8.84. The number of allylic oxidation sites excluding steroid dienone is 1. The fourth-order valence-electron chi connectivity index (χ4n) is 3.64. The minimum absolute atomic E-state index is 0.0776. The number of hydrogen-bond acceptors (Lipinski definition) is 6. The molecule has 0 unspecified atom stereocenters. The minimum Gasteiger partial charge on any atom is -0.872 e. The number of ether oxygens (including phenoxy) is 1. The number of hydrogen-bond donors (Lipinski definition) is 2. The Kier molecular flexibility index (Phi) is 8.72. The predicted molar refractivity (Wildman–Crippen MR) is 143 cm³/mol. The van der Waals surface area contributed by atoms with Gasteiger partial charge in [0.2, 0.25) is 0 Å². The van der Waals surface area contributed by atoms with Gasteiger partial charge in [0.25, 0.3) is 11.7 Å². The number of carbonyl (C=O) groups excluding carboxylic acids is 1. The van der Waals surface area contributed by atoms with Crippen molar-refractivity contribution < 1.29 is 19.2 Å². The van der Waals surface area contributed by atoms with Crippen molar-refractivity contribution in [3.8, 4) is 28.6 Å². The number of hydrazone groups is 1. The van der Waals surface area contributed by atoms with Crippen LogP contribution in [0, 0.1) is 0 Å². The molecular weight excluding hydrogens is 486 g/mol. The number of nitrogens with one attached hydrogen (secondary N) is 2. The van der Waals surface area contributed by atoms with Crippen molar-refractivity contribution in [2.24, 2.45) is 5.10 Å². The number of aromatic amines is 1. The molecule has 1 aromatic heterocycles. The van der Waals surface area contributed by atoms with Crippen molar-refractivity contribution in [1.29, 1.82) is 0 Å². The maximum absolute atomic E-state index is 12.5. The lowest BCUT2D eigenvalue weighted by molar-refractivity contribution is -0.625. The Morgan fingerprint density at radius 3 is 2.68 bits per heavy atom. The number of benzene rings is 3. The molecule has 0 spiro atoms. The molecule has 0 atom stereocenters. The third kappa shape index (κ3) is 6.45. The van der Waals surface area contributed by atoms with Crippen LogP contribution in [0.2, 0.25) is 0 Å². The Labute approximate surface area is 219 Å². The van der Waals surface area contributed by atoms with Crippen LogP contribution >= 0.6 is 11.8 Å². The van der Waals surface area contributed by atoms with E-state index >= 15 is 0 Å². The number of carbonyl (C=O) groups is 1. The number of para-hydroxylation sites is 1. The Morgan fingerprint density at radius 2 is 1.95 bits per heavy atom. The van der Waals surface area contributed by atoms with E-state index in [4.69, 9.17) is 4.74 Å². The molecule has 9 heteroatoms. The first kappa shape index (κ1) is 25.7. The topological polar surface area (TPSA) is 106 Å². The van der Waals surface area contributed by atoms with Crippen LogP contribution in [-0.2, 0) is 11.2 Å². The summed E-state index contributed by atoms with van der Waals surface area (Å²) in [6.45, 7) is 6.19. The maximum atomic E-state index is 12.5. The zero-order valence-electron chi connectivity index (χ0n) is 20.4. The van der Waals surface area contributed by atoms with E-state index < -0.39 is 0 Å². The van der Waals surface area contributed by atoms with Crippen molar-refractivity contribution in [3.63, 3.8) is 0 Å². The molecule has 8 nitrogen and oxygen atoms in total. The first-order chi connectivity index (χ1) is 18.1. The quantitative estimate of drug-likeness (QED) is 0.104. The molecule has 2 N–H and O–H groups in total. The van der Waals surface area contributed by atoms with Crippen LogP contribution in [0.4, 0.5) is 0 Å². The van der Waals surface area contributed by atoms with E-state index in [-0.39, 0.29) is 17.4 Å². The van der Waals surface area contributed by atoms with Crippen LogP contribution in [0.5, 0.6) is 11.5 Å². The van der Waals surface area contributed by atoms with E-state index in [1.807, 2.05) is 66.1 Å². The molecule has 1 amide bonds. The number of nitrogens with zero attached hydrogens (tertiary/aromatic N) is 3. The van der Waals surface area contributed by atoms with Crippen LogP contribution in [-0.4, -0.2) is 34.7 Å². The van der Waals surface area contributed by atoms with Gasteiger partial charge in [0, 0.05) is 0 Å². The van der Waals surface area contributed by atoms with Crippen molar-refractivity contribution in [2.45, 2.75) is 18.5 Å². The molecule has 37 heavy (non-hydrogen) atoms. The van der Waals surface area contributed by atoms with Gasteiger partial charge >= 0.3 is 5.16 Å². The Hall–Kier alpha value is -4.37. The monoisotopic (exact) mass is 513 g/mol. The summed E-state index contributed by atoms with van der Waals surface area (Å²) in [5.41, 5.74) is 5.35. The zero-order chi connectivity index (χ0) is 26.0. The summed E-state index contributed by atoms with van der Waals surface area (Å²) in [6, 6.07) is 22.7. The number of rotatable bonds is 11. The lowest BCUT2D eigenvalue weighted by Gasteiger charge is -2.15. The second kappa shape index (κ2) is 12.5. The van der Waals surface area contributed by atoms with Crippen LogP contribution in [0.1, 0.15) is 18.1 Å². The second-order valence-electron chi connectivity index (χ2n) is 7.89. The van der Waals surface area contributed by atoms with Gasteiger partial charge in [0.1, 0.15) is 11.4 Å². The lowest BCUT2D eigenvalue weighted by atomic mass is 10.1. The highest BCUT2D eigenvalue weighted by Gasteiger charge is 2.24. The van der Waals surface area contributed by atoms with Crippen LogP contribution in [0.15, 0.2) is 95.7 Å². The zero-order valence-corrected chi connectivity index (χ0v) is 21.2. The Balaban J connectivity index is 1.49. The van der Waals surface area contributed by atoms with Gasteiger partial charge in [-0.15, -0.1) is 11.7 Å². The number of amides is 1. The number of H-pyrrole nitrogens is 1. The third-order valence-corrected chi connectivity index (χ3v) is 6.28. The summed E-state index contributed by atoms with van der Waals surface area (Å²) in [7, 11) is 0. The summed E-state index contributed by atoms with van der Waals surface area (Å²) >= 11 is 1.27. The van der Waals surface area contributed by atoms with E-state index in [9.17, 15) is 9.90 Å². The maximum Gasteiger partial charge on any atom is 0.342 e. The molecule has 3 aromatic carbocycles. The van der Waals surface area contributed by atoms with Crippen molar-refractivity contribution >= 4 is 23.9 Å². The van der Waals surface area contributed by atoms with Crippen LogP contribution in [0.3, 0.4) is 0 Å². The van der Waals surface area contributed by atoms with Gasteiger partial charge in [-0.1, -0.05) is 53.8 Å². The summed E-state index contributed by atoms with van der Waals surface area (Å²) in [6.07, 6.45) is 3.51. The Morgan fingerprint density at radius 1 is 1.16 bits per heavy atom. The molecule has 4 aromatic rings. The van der Waals surface area contributed by atoms with Gasteiger partial charge < -0.3 is 9.84 Å². The highest BCUT2D eigenvalue weighted by molar-refractivity contribution is 7.99. The number of thioether (sulfide) groups is 1. The fraction of sp³-hybridized carbons (Fsp3) is 0.143. The van der Waals surface area contributed by atoms with Gasteiger partial charge in [-0.3, -0.25) is 4.79 Å². The molecule has 0 aliphatic rings. The summed E-state index contributed by atoms with van der Waals surface area (Å²) < 4.78 is 7.53. The predicted octanol–water partition coefficient (Wildman–Crippen LogP) is 3.80. The summed E-state index contributed by atoms with van der Waals surface area (Å²) in [4.78, 5) is 12.5. The van der Waals surface area contributed by atoms with Crippen molar-refractivity contribution in [2.75, 3.05) is 12.4 Å². The van der Waals surface area contributed by atoms with E-state index in [0.29, 0.717) is 29.3 Å². The van der Waals surface area contributed by atoms with Gasteiger partial charge in [0.15, 0.2) is 0 Å². The van der Waals surface area contributed by atoms with Gasteiger partial charge in [0.05, 0.1) is 29.2 Å². The minimum atomic E-state index is -0.321. The van der Waals surface area contributed by atoms with Gasteiger partial charge in [-0.25, -0.2) is 5.43 Å². The van der Waals surface area contributed by atoms with Crippen molar-refractivity contribution in [3.05, 3.63) is 96.6 Å². The van der Waals surface area contributed by atoms with E-state index in [2.05, 4.69) is 27.3 Å². The molecular formula is C28H27N5O3S. The highest BCUT2D eigenvalue weighted by atomic mass is 32.2. The van der Waals surface area contributed by atoms with E-state index in [0.717, 1.165) is 22.8 Å². The molecule has 0 aliphatic carbocycles. The first-order valence-electron chi connectivity index (χ1n) is 11.7. The molecule has 0 bridgehead atoms.